The summed E-state index contributed by atoms with van der Waals surface area (Å²) in [5, 5.41) is 3.11. The van der Waals surface area contributed by atoms with Crippen molar-refractivity contribution < 1.29 is 21.6 Å². The molecular weight excluding hydrogens is 545 g/mol. The molecule has 3 aromatic rings. The fourth-order valence-electron chi connectivity index (χ4n) is 2.87. The Bertz CT molecular complexity index is 1430. The maximum Gasteiger partial charge on any atom is 0.261 e. The Balaban J connectivity index is 1.73. The highest BCUT2D eigenvalue weighted by atomic mass is 35.5. The standard InChI is InChI=1S/C21H18Cl3N3O5S2/c1-33(29,30)27(16-5-2-4-14(22)12-16)13-20(28)25-15-8-10-17(11-9-15)34(31,32)26-19-7-3-6-18(23)21(19)24/h2-12,26H,13H2,1H3,(H,25,28). The number of nitrogens with zero attached hydrogens (tertiary/aromatic N) is 1. The molecule has 0 radical (unpaired) electrons. The summed E-state index contributed by atoms with van der Waals surface area (Å²) in [7, 11) is -7.76. The van der Waals surface area contributed by atoms with Crippen LogP contribution in [-0.2, 0) is 24.8 Å². The van der Waals surface area contributed by atoms with E-state index in [9.17, 15) is 21.6 Å². The zero-order valence-corrected chi connectivity index (χ0v) is 21.4. The van der Waals surface area contributed by atoms with E-state index in [2.05, 4.69) is 10.0 Å². The van der Waals surface area contributed by atoms with Crippen LogP contribution in [0.1, 0.15) is 0 Å². The lowest BCUT2D eigenvalue weighted by molar-refractivity contribution is -0.114. The lowest BCUT2D eigenvalue weighted by atomic mass is 10.3. The fraction of sp³-hybridized carbons (Fsp3) is 0.0952. The average Bonchev–Trinajstić information content (AvgIpc) is 2.75. The van der Waals surface area contributed by atoms with Crippen LogP contribution >= 0.6 is 34.8 Å². The highest BCUT2D eigenvalue weighted by Crippen LogP contribution is 2.31. The number of carbonyl (C=O) groups excluding carboxylic acids is 1. The van der Waals surface area contributed by atoms with E-state index in [4.69, 9.17) is 34.8 Å². The molecule has 0 heterocycles. The Kier molecular flexibility index (Phi) is 7.99. The summed E-state index contributed by atoms with van der Waals surface area (Å²) in [5.74, 6) is -0.634. The van der Waals surface area contributed by atoms with Gasteiger partial charge in [-0.1, -0.05) is 46.9 Å². The second-order valence-electron chi connectivity index (χ2n) is 7.03. The molecule has 0 bridgehead atoms. The largest absolute Gasteiger partial charge is 0.325 e. The molecule has 0 saturated heterocycles. The van der Waals surface area contributed by atoms with Gasteiger partial charge in [0, 0.05) is 10.7 Å². The Labute approximate surface area is 212 Å². The van der Waals surface area contributed by atoms with Crippen molar-refractivity contribution in [3.05, 3.63) is 81.8 Å². The second-order valence-corrected chi connectivity index (χ2v) is 11.8. The van der Waals surface area contributed by atoms with Gasteiger partial charge in [0.25, 0.3) is 10.0 Å². The summed E-state index contributed by atoms with van der Waals surface area (Å²) in [6, 6.07) is 15.9. The number of amides is 1. The van der Waals surface area contributed by atoms with Gasteiger partial charge in [-0.15, -0.1) is 0 Å². The molecular formula is C21H18Cl3N3O5S2. The van der Waals surface area contributed by atoms with E-state index in [0.29, 0.717) is 5.02 Å². The van der Waals surface area contributed by atoms with Gasteiger partial charge >= 0.3 is 0 Å². The molecule has 0 unspecified atom stereocenters. The molecule has 8 nitrogen and oxygen atoms in total. The summed E-state index contributed by atoms with van der Waals surface area (Å²) in [5.41, 5.74) is 0.620. The first-order chi connectivity index (χ1) is 15.9. The minimum atomic E-state index is -3.98. The monoisotopic (exact) mass is 561 g/mol. The first kappa shape index (κ1) is 26.1. The SMILES string of the molecule is CS(=O)(=O)N(CC(=O)Nc1ccc(S(=O)(=O)Nc2cccc(Cl)c2Cl)cc1)c1cccc(Cl)c1. The molecule has 0 aliphatic rings. The van der Waals surface area contributed by atoms with Gasteiger partial charge in [0.1, 0.15) is 6.54 Å². The van der Waals surface area contributed by atoms with Crippen molar-refractivity contribution in [1.82, 2.24) is 0 Å². The molecule has 0 fully saturated rings. The van der Waals surface area contributed by atoms with Gasteiger partial charge in [0.2, 0.25) is 15.9 Å². The maximum absolute atomic E-state index is 12.7. The quantitative estimate of drug-likeness (QED) is 0.407. The molecule has 0 saturated carbocycles. The van der Waals surface area contributed by atoms with Gasteiger partial charge in [-0.2, -0.15) is 0 Å². The zero-order chi connectivity index (χ0) is 25.1. The van der Waals surface area contributed by atoms with Gasteiger partial charge in [0.05, 0.1) is 32.6 Å². The lowest BCUT2D eigenvalue weighted by Crippen LogP contribution is -2.37. The smallest absolute Gasteiger partial charge is 0.261 e. The van der Waals surface area contributed by atoms with Crippen molar-refractivity contribution in [2.24, 2.45) is 0 Å². The van der Waals surface area contributed by atoms with E-state index in [1.165, 1.54) is 48.5 Å². The van der Waals surface area contributed by atoms with Gasteiger partial charge in [-0.25, -0.2) is 16.8 Å². The third-order valence-corrected chi connectivity index (χ3v) is 8.00. The van der Waals surface area contributed by atoms with Crippen LogP contribution in [0, 0.1) is 0 Å². The molecule has 1 amide bonds. The van der Waals surface area contributed by atoms with Crippen molar-refractivity contribution in [3.8, 4) is 0 Å². The number of benzene rings is 3. The van der Waals surface area contributed by atoms with Crippen LogP contribution in [0.2, 0.25) is 15.1 Å². The molecule has 180 valence electrons. The van der Waals surface area contributed by atoms with Crippen molar-refractivity contribution in [2.75, 3.05) is 27.1 Å². The summed E-state index contributed by atoms with van der Waals surface area (Å²) in [6.07, 6.45) is 0.972. The van der Waals surface area contributed by atoms with Gasteiger partial charge in [0.15, 0.2) is 0 Å². The molecule has 2 N–H and O–H groups in total. The van der Waals surface area contributed by atoms with Crippen molar-refractivity contribution in [2.45, 2.75) is 4.90 Å². The van der Waals surface area contributed by atoms with Crippen molar-refractivity contribution in [1.29, 1.82) is 0 Å². The number of rotatable bonds is 8. The number of hydrogen-bond acceptors (Lipinski definition) is 5. The molecule has 34 heavy (non-hydrogen) atoms. The van der Waals surface area contributed by atoms with Crippen LogP contribution in [0.3, 0.4) is 0 Å². The van der Waals surface area contributed by atoms with Crippen LogP contribution < -0.4 is 14.3 Å². The van der Waals surface area contributed by atoms with Crippen molar-refractivity contribution in [3.63, 3.8) is 0 Å². The minimum Gasteiger partial charge on any atom is -0.325 e. The zero-order valence-electron chi connectivity index (χ0n) is 17.5. The van der Waals surface area contributed by atoms with E-state index < -0.39 is 32.5 Å². The Morgan fingerprint density at radius 2 is 1.56 bits per heavy atom. The summed E-state index contributed by atoms with van der Waals surface area (Å²) < 4.78 is 53.0. The molecule has 0 aliphatic carbocycles. The second kappa shape index (κ2) is 10.4. The van der Waals surface area contributed by atoms with E-state index in [1.807, 2.05) is 0 Å². The van der Waals surface area contributed by atoms with Crippen molar-refractivity contribution >= 4 is 77.8 Å². The number of nitrogens with one attached hydrogen (secondary N) is 2. The molecule has 0 atom stereocenters. The van der Waals surface area contributed by atoms with Crippen LogP contribution in [0.25, 0.3) is 0 Å². The van der Waals surface area contributed by atoms with Crippen LogP contribution in [0.4, 0.5) is 17.1 Å². The van der Waals surface area contributed by atoms with Crippen LogP contribution in [0.5, 0.6) is 0 Å². The highest BCUT2D eigenvalue weighted by Gasteiger charge is 2.22. The predicted octanol–water partition coefficient (Wildman–Crippen LogP) is 4.85. The Morgan fingerprint density at radius 3 is 2.18 bits per heavy atom. The third-order valence-electron chi connectivity index (χ3n) is 4.43. The average molecular weight is 563 g/mol. The molecule has 0 aliphatic heterocycles. The molecule has 3 aromatic carbocycles. The fourth-order valence-corrected chi connectivity index (χ4v) is 5.37. The van der Waals surface area contributed by atoms with E-state index in [0.717, 1.165) is 10.6 Å². The number of sulfonamides is 2. The minimum absolute atomic E-state index is 0.0618. The van der Waals surface area contributed by atoms with E-state index >= 15 is 0 Å². The summed E-state index contributed by atoms with van der Waals surface area (Å²) in [6.45, 7) is -0.506. The highest BCUT2D eigenvalue weighted by molar-refractivity contribution is 7.92. The Morgan fingerprint density at radius 1 is 0.912 bits per heavy atom. The number of hydrogen-bond donors (Lipinski definition) is 2. The van der Waals surface area contributed by atoms with E-state index in [1.54, 1.807) is 18.2 Å². The van der Waals surface area contributed by atoms with Gasteiger partial charge in [-0.05, 0) is 54.6 Å². The number of anilines is 3. The summed E-state index contributed by atoms with van der Waals surface area (Å²) in [4.78, 5) is 12.4. The lowest BCUT2D eigenvalue weighted by Gasteiger charge is -2.22. The topological polar surface area (TPSA) is 113 Å². The number of halogens is 3. The molecule has 3 rings (SSSR count). The first-order valence-corrected chi connectivity index (χ1v) is 13.9. The maximum atomic E-state index is 12.7. The third kappa shape index (κ3) is 6.55. The van der Waals surface area contributed by atoms with Crippen LogP contribution in [0.15, 0.2) is 71.6 Å². The Hall–Kier alpha value is -2.50. The van der Waals surface area contributed by atoms with Crippen LogP contribution in [-0.4, -0.2) is 35.5 Å². The number of carbonyl (C=O) groups is 1. The van der Waals surface area contributed by atoms with E-state index in [-0.39, 0.29) is 32.0 Å². The molecule has 13 heteroatoms. The predicted molar refractivity (Wildman–Crippen MR) is 136 cm³/mol. The molecule has 0 aromatic heterocycles. The van der Waals surface area contributed by atoms with Gasteiger partial charge in [-0.3, -0.25) is 13.8 Å². The molecule has 0 spiro atoms. The van der Waals surface area contributed by atoms with Gasteiger partial charge < -0.3 is 5.32 Å². The first-order valence-electron chi connectivity index (χ1n) is 9.47. The normalized spacial score (nSPS) is 11.6. The summed E-state index contributed by atoms with van der Waals surface area (Å²) >= 11 is 17.9.